The van der Waals surface area contributed by atoms with E-state index in [1.807, 2.05) is 0 Å². The number of rotatable bonds is 2. The fraction of sp³-hybridized carbons (Fsp3) is 0.500. The van der Waals surface area contributed by atoms with E-state index in [0.717, 1.165) is 37.8 Å². The topological polar surface area (TPSA) is 20.3 Å². The standard InChI is InChI=1S/C14H16ClF2NO/c1-18(9-5-3-2-4-6-9)14(19)10-7-12(16)13(17)8-11(10)15/h7-9H,2-6H2,1H3. The van der Waals surface area contributed by atoms with Crippen molar-refractivity contribution in [2.45, 2.75) is 38.1 Å². The second-order valence-electron chi connectivity index (χ2n) is 4.95. The van der Waals surface area contributed by atoms with Gasteiger partial charge in [0.1, 0.15) is 0 Å². The third-order valence-electron chi connectivity index (χ3n) is 3.68. The molecule has 2 rings (SSSR count). The van der Waals surface area contributed by atoms with E-state index < -0.39 is 11.6 Å². The van der Waals surface area contributed by atoms with Gasteiger partial charge in [0, 0.05) is 13.1 Å². The van der Waals surface area contributed by atoms with Gasteiger partial charge in [-0.05, 0) is 25.0 Å². The number of benzene rings is 1. The average Bonchev–Trinajstić information content (AvgIpc) is 2.42. The smallest absolute Gasteiger partial charge is 0.255 e. The summed E-state index contributed by atoms with van der Waals surface area (Å²) in [5, 5.41) is -0.0495. The van der Waals surface area contributed by atoms with Crippen LogP contribution in [0, 0.1) is 11.6 Å². The molecule has 1 aliphatic rings. The summed E-state index contributed by atoms with van der Waals surface area (Å²) in [7, 11) is 1.69. The molecule has 1 aromatic rings. The Kier molecular flexibility index (Phi) is 4.40. The first-order valence-corrected chi connectivity index (χ1v) is 6.80. The molecule has 1 aliphatic carbocycles. The van der Waals surface area contributed by atoms with Crippen LogP contribution in [0.15, 0.2) is 12.1 Å². The first-order valence-electron chi connectivity index (χ1n) is 6.42. The molecule has 0 bridgehead atoms. The van der Waals surface area contributed by atoms with Crippen LogP contribution in [-0.4, -0.2) is 23.9 Å². The maximum absolute atomic E-state index is 13.2. The van der Waals surface area contributed by atoms with Gasteiger partial charge in [0.2, 0.25) is 0 Å². The number of hydrogen-bond donors (Lipinski definition) is 0. The predicted octanol–water partition coefficient (Wildman–Crippen LogP) is 4.02. The zero-order valence-corrected chi connectivity index (χ0v) is 11.5. The van der Waals surface area contributed by atoms with Gasteiger partial charge in [0.05, 0.1) is 10.6 Å². The van der Waals surface area contributed by atoms with Crippen molar-refractivity contribution >= 4 is 17.5 Å². The summed E-state index contributed by atoms with van der Waals surface area (Å²) in [6.07, 6.45) is 5.26. The van der Waals surface area contributed by atoms with Gasteiger partial charge in [-0.25, -0.2) is 8.78 Å². The maximum Gasteiger partial charge on any atom is 0.255 e. The van der Waals surface area contributed by atoms with Crippen molar-refractivity contribution in [2.75, 3.05) is 7.05 Å². The number of nitrogens with zero attached hydrogens (tertiary/aromatic N) is 1. The molecule has 0 aliphatic heterocycles. The molecule has 0 radical (unpaired) electrons. The van der Waals surface area contributed by atoms with Gasteiger partial charge in [-0.15, -0.1) is 0 Å². The number of hydrogen-bond acceptors (Lipinski definition) is 1. The fourth-order valence-corrected chi connectivity index (χ4v) is 2.74. The van der Waals surface area contributed by atoms with E-state index in [2.05, 4.69) is 0 Å². The summed E-state index contributed by atoms with van der Waals surface area (Å²) < 4.78 is 26.2. The molecule has 0 saturated heterocycles. The molecule has 0 atom stereocenters. The Morgan fingerprint density at radius 3 is 2.42 bits per heavy atom. The highest BCUT2D eigenvalue weighted by atomic mass is 35.5. The Balaban J connectivity index is 2.21. The lowest BCUT2D eigenvalue weighted by atomic mass is 9.94. The van der Waals surface area contributed by atoms with Crippen molar-refractivity contribution in [3.8, 4) is 0 Å². The monoisotopic (exact) mass is 287 g/mol. The Hall–Kier alpha value is -1.16. The second kappa shape index (κ2) is 5.87. The molecule has 1 fully saturated rings. The molecule has 0 unspecified atom stereocenters. The lowest BCUT2D eigenvalue weighted by molar-refractivity contribution is 0.0696. The minimum Gasteiger partial charge on any atom is -0.339 e. The average molecular weight is 288 g/mol. The van der Waals surface area contributed by atoms with Crippen LogP contribution >= 0.6 is 11.6 Å². The first-order chi connectivity index (χ1) is 9.00. The molecule has 0 heterocycles. The van der Waals surface area contributed by atoms with Crippen LogP contribution in [0.2, 0.25) is 5.02 Å². The van der Waals surface area contributed by atoms with Crippen LogP contribution in [0.3, 0.4) is 0 Å². The molecule has 5 heteroatoms. The second-order valence-corrected chi connectivity index (χ2v) is 5.36. The highest BCUT2D eigenvalue weighted by Gasteiger charge is 2.25. The van der Waals surface area contributed by atoms with Crippen molar-refractivity contribution in [2.24, 2.45) is 0 Å². The minimum atomic E-state index is -1.05. The molecule has 104 valence electrons. The lowest BCUT2D eigenvalue weighted by Gasteiger charge is -2.31. The largest absolute Gasteiger partial charge is 0.339 e. The van der Waals surface area contributed by atoms with Crippen molar-refractivity contribution in [3.63, 3.8) is 0 Å². The fourth-order valence-electron chi connectivity index (χ4n) is 2.51. The summed E-state index contributed by atoms with van der Waals surface area (Å²) in [6.45, 7) is 0. The SMILES string of the molecule is CN(C(=O)c1cc(F)c(F)cc1Cl)C1CCCCC1. The molecular weight excluding hydrogens is 272 g/mol. The Morgan fingerprint density at radius 1 is 1.21 bits per heavy atom. The Labute approximate surface area is 116 Å². The van der Waals surface area contributed by atoms with E-state index in [-0.39, 0.29) is 22.5 Å². The zero-order valence-electron chi connectivity index (χ0n) is 10.8. The van der Waals surface area contributed by atoms with Gasteiger partial charge >= 0.3 is 0 Å². The molecular formula is C14H16ClF2NO. The molecule has 1 saturated carbocycles. The molecule has 1 aromatic carbocycles. The van der Waals surface area contributed by atoms with E-state index in [9.17, 15) is 13.6 Å². The summed E-state index contributed by atoms with van der Waals surface area (Å²) in [5.74, 6) is -2.44. The molecule has 0 aromatic heterocycles. The van der Waals surface area contributed by atoms with Crippen molar-refractivity contribution in [1.29, 1.82) is 0 Å². The summed E-state index contributed by atoms with van der Waals surface area (Å²) in [6, 6.07) is 1.88. The summed E-state index contributed by atoms with van der Waals surface area (Å²) in [5.41, 5.74) is 0.0219. The summed E-state index contributed by atoms with van der Waals surface area (Å²) in [4.78, 5) is 13.9. The van der Waals surface area contributed by atoms with Gasteiger partial charge < -0.3 is 4.90 Å². The summed E-state index contributed by atoms with van der Waals surface area (Å²) >= 11 is 5.83. The van der Waals surface area contributed by atoms with Crippen LogP contribution in [0.4, 0.5) is 8.78 Å². The zero-order chi connectivity index (χ0) is 14.0. The van der Waals surface area contributed by atoms with Crippen molar-refractivity contribution in [1.82, 2.24) is 4.90 Å². The quantitative estimate of drug-likeness (QED) is 0.752. The molecule has 2 nitrogen and oxygen atoms in total. The minimum absolute atomic E-state index is 0.0219. The van der Waals surface area contributed by atoms with Gasteiger partial charge in [-0.3, -0.25) is 4.79 Å². The number of carbonyl (C=O) groups is 1. The van der Waals surface area contributed by atoms with Crippen LogP contribution < -0.4 is 0 Å². The van der Waals surface area contributed by atoms with Crippen LogP contribution in [-0.2, 0) is 0 Å². The number of amides is 1. The van der Waals surface area contributed by atoms with Crippen molar-refractivity contribution < 1.29 is 13.6 Å². The number of halogens is 3. The van der Waals surface area contributed by atoms with Crippen LogP contribution in [0.25, 0.3) is 0 Å². The highest BCUT2D eigenvalue weighted by Crippen LogP contribution is 2.26. The van der Waals surface area contributed by atoms with Crippen LogP contribution in [0.5, 0.6) is 0 Å². The van der Waals surface area contributed by atoms with Gasteiger partial charge in [-0.2, -0.15) is 0 Å². The normalized spacial score (nSPS) is 16.4. The predicted molar refractivity (Wildman–Crippen MR) is 70.3 cm³/mol. The molecule has 19 heavy (non-hydrogen) atoms. The Morgan fingerprint density at radius 2 is 1.79 bits per heavy atom. The van der Waals surface area contributed by atoms with Crippen LogP contribution in [0.1, 0.15) is 42.5 Å². The highest BCUT2D eigenvalue weighted by molar-refractivity contribution is 6.33. The van der Waals surface area contributed by atoms with Gasteiger partial charge in [0.15, 0.2) is 11.6 Å². The molecule has 0 spiro atoms. The molecule has 0 N–H and O–H groups in total. The first kappa shape index (κ1) is 14.3. The lowest BCUT2D eigenvalue weighted by Crippen LogP contribution is -2.38. The Bertz CT molecular complexity index is 487. The number of carbonyl (C=O) groups excluding carboxylic acids is 1. The maximum atomic E-state index is 13.2. The molecule has 1 amide bonds. The van der Waals surface area contributed by atoms with E-state index >= 15 is 0 Å². The van der Waals surface area contributed by atoms with Crippen molar-refractivity contribution in [3.05, 3.63) is 34.4 Å². The van der Waals surface area contributed by atoms with E-state index in [1.165, 1.54) is 6.42 Å². The van der Waals surface area contributed by atoms with Gasteiger partial charge in [0.25, 0.3) is 5.91 Å². The third kappa shape index (κ3) is 3.06. The third-order valence-corrected chi connectivity index (χ3v) is 4.00. The van der Waals surface area contributed by atoms with E-state index in [0.29, 0.717) is 0 Å². The van der Waals surface area contributed by atoms with Gasteiger partial charge in [-0.1, -0.05) is 30.9 Å². The van der Waals surface area contributed by atoms with E-state index in [1.54, 1.807) is 11.9 Å². The van der Waals surface area contributed by atoms with E-state index in [4.69, 9.17) is 11.6 Å².